The number of nitrogens with zero attached hydrogens (tertiary/aromatic N) is 1. The van der Waals surface area contributed by atoms with Crippen LogP contribution in [0.15, 0.2) is 23.1 Å². The molecule has 114 valence electrons. The zero-order chi connectivity index (χ0) is 15.6. The van der Waals surface area contributed by atoms with E-state index in [1.54, 1.807) is 0 Å². The number of nitro groups is 1. The smallest absolute Gasteiger partial charge is 0.271 e. The summed E-state index contributed by atoms with van der Waals surface area (Å²) in [4.78, 5) is 21.6. The Balaban J connectivity index is 2.35. The highest BCUT2D eigenvalue weighted by molar-refractivity contribution is 7.89. The van der Waals surface area contributed by atoms with Crippen LogP contribution >= 0.6 is 0 Å². The topological polar surface area (TPSA) is 142 Å². The molecule has 9 nitrogen and oxygen atoms in total. The summed E-state index contributed by atoms with van der Waals surface area (Å²) in [6, 6.07) is 2.62. The lowest BCUT2D eigenvalue weighted by atomic mass is 10.1. The molecule has 0 aliphatic carbocycles. The molecule has 1 amide bonds. The molecule has 1 aromatic carbocycles. The van der Waals surface area contributed by atoms with E-state index >= 15 is 0 Å². The van der Waals surface area contributed by atoms with E-state index in [1.807, 2.05) is 0 Å². The average molecular weight is 315 g/mol. The fourth-order valence-corrected chi connectivity index (χ4v) is 2.48. The number of primary sulfonamides is 1. The molecule has 2 rings (SSSR count). The van der Waals surface area contributed by atoms with E-state index in [4.69, 9.17) is 9.88 Å². The number of benzene rings is 1. The van der Waals surface area contributed by atoms with Crippen molar-refractivity contribution in [3.05, 3.63) is 33.9 Å². The van der Waals surface area contributed by atoms with Gasteiger partial charge in [-0.05, 0) is 12.5 Å². The minimum atomic E-state index is -4.15. The number of sulfonamides is 1. The molecule has 1 aromatic rings. The van der Waals surface area contributed by atoms with Crippen molar-refractivity contribution in [2.45, 2.75) is 17.4 Å². The molecule has 0 saturated carbocycles. The third kappa shape index (κ3) is 3.74. The highest BCUT2D eigenvalue weighted by Crippen LogP contribution is 2.20. The van der Waals surface area contributed by atoms with Gasteiger partial charge in [0, 0.05) is 24.3 Å². The molecule has 1 fully saturated rings. The normalized spacial score (nSPS) is 18.4. The minimum absolute atomic E-state index is 0.139. The molecule has 1 heterocycles. The Labute approximate surface area is 120 Å². The van der Waals surface area contributed by atoms with E-state index in [0.717, 1.165) is 18.2 Å². The van der Waals surface area contributed by atoms with Gasteiger partial charge in [-0.3, -0.25) is 14.9 Å². The number of rotatable bonds is 4. The van der Waals surface area contributed by atoms with E-state index in [9.17, 15) is 23.3 Å². The molecule has 3 N–H and O–H groups in total. The van der Waals surface area contributed by atoms with Crippen LogP contribution in [0.1, 0.15) is 16.8 Å². The zero-order valence-electron chi connectivity index (χ0n) is 10.8. The fourth-order valence-electron chi connectivity index (χ4n) is 1.90. The maximum Gasteiger partial charge on any atom is 0.271 e. The van der Waals surface area contributed by atoms with Gasteiger partial charge in [0.2, 0.25) is 10.0 Å². The molecule has 1 atom stereocenters. The monoisotopic (exact) mass is 315 g/mol. The van der Waals surface area contributed by atoms with Crippen molar-refractivity contribution in [1.29, 1.82) is 0 Å². The summed E-state index contributed by atoms with van der Waals surface area (Å²) in [5.74, 6) is -0.612. The van der Waals surface area contributed by atoms with Crippen LogP contribution in [0.2, 0.25) is 0 Å². The molecule has 0 spiro atoms. The molecule has 21 heavy (non-hydrogen) atoms. The van der Waals surface area contributed by atoms with Crippen LogP contribution in [-0.2, 0) is 14.8 Å². The van der Waals surface area contributed by atoms with E-state index in [2.05, 4.69) is 5.32 Å². The number of hydrogen-bond donors (Lipinski definition) is 2. The van der Waals surface area contributed by atoms with Crippen molar-refractivity contribution in [2.75, 3.05) is 13.2 Å². The summed E-state index contributed by atoms with van der Waals surface area (Å²) in [5, 5.41) is 18.4. The second-order valence-corrected chi connectivity index (χ2v) is 6.11. The zero-order valence-corrected chi connectivity index (χ0v) is 11.6. The third-order valence-corrected chi connectivity index (χ3v) is 3.85. The number of nitrogens with two attached hydrogens (primary N) is 1. The first-order valence-corrected chi connectivity index (χ1v) is 7.53. The minimum Gasteiger partial charge on any atom is -0.379 e. The predicted octanol–water partition coefficient (Wildman–Crippen LogP) is -0.239. The van der Waals surface area contributed by atoms with Gasteiger partial charge in [-0.2, -0.15) is 0 Å². The van der Waals surface area contributed by atoms with E-state index in [0.29, 0.717) is 19.6 Å². The van der Waals surface area contributed by atoms with Gasteiger partial charge in [0.15, 0.2) is 0 Å². The van der Waals surface area contributed by atoms with Gasteiger partial charge in [-0.25, -0.2) is 13.6 Å². The lowest BCUT2D eigenvalue weighted by Gasteiger charge is -2.11. The summed E-state index contributed by atoms with van der Waals surface area (Å²) in [6.07, 6.45) is 0.628. The van der Waals surface area contributed by atoms with Gasteiger partial charge in [0.1, 0.15) is 0 Å². The largest absolute Gasteiger partial charge is 0.379 e. The van der Waals surface area contributed by atoms with Crippen molar-refractivity contribution < 1.29 is 22.9 Å². The molecular weight excluding hydrogens is 302 g/mol. The summed E-state index contributed by atoms with van der Waals surface area (Å²) in [7, 11) is -4.15. The second kappa shape index (κ2) is 5.76. The Morgan fingerprint density at radius 1 is 1.43 bits per heavy atom. The molecule has 0 aromatic heterocycles. The van der Waals surface area contributed by atoms with Crippen molar-refractivity contribution in [2.24, 2.45) is 5.14 Å². The van der Waals surface area contributed by atoms with Gasteiger partial charge in [-0.15, -0.1) is 0 Å². The summed E-state index contributed by atoms with van der Waals surface area (Å²) < 4.78 is 27.8. The van der Waals surface area contributed by atoms with Crippen LogP contribution < -0.4 is 10.5 Å². The Morgan fingerprint density at radius 2 is 2.14 bits per heavy atom. The van der Waals surface area contributed by atoms with Crippen LogP contribution in [0.25, 0.3) is 0 Å². The molecule has 1 aliphatic heterocycles. The number of ether oxygens (including phenoxy) is 1. The Hall–Kier alpha value is -2.04. The maximum absolute atomic E-state index is 12.0. The quantitative estimate of drug-likeness (QED) is 0.580. The molecular formula is C11H13N3O6S. The van der Waals surface area contributed by atoms with Gasteiger partial charge >= 0.3 is 0 Å². The van der Waals surface area contributed by atoms with Gasteiger partial charge in [0.05, 0.1) is 22.5 Å². The SMILES string of the molecule is NS(=O)(=O)c1cc(C(=O)NC2CCOC2)cc([N+](=O)[O-])c1. The first-order valence-electron chi connectivity index (χ1n) is 5.98. The van der Waals surface area contributed by atoms with Gasteiger partial charge < -0.3 is 10.1 Å². The predicted molar refractivity (Wildman–Crippen MR) is 71.2 cm³/mol. The van der Waals surface area contributed by atoms with E-state index < -0.39 is 31.4 Å². The summed E-state index contributed by atoms with van der Waals surface area (Å²) >= 11 is 0. The molecule has 0 radical (unpaired) electrons. The first kappa shape index (κ1) is 15.4. The van der Waals surface area contributed by atoms with Gasteiger partial charge in [-0.1, -0.05) is 0 Å². The standard InChI is InChI=1S/C11H13N3O6S/c12-21(18,19)10-4-7(3-9(5-10)14(16)17)11(15)13-8-1-2-20-6-8/h3-5,8H,1-2,6H2,(H,13,15)(H2,12,18,19). The molecule has 0 bridgehead atoms. The first-order chi connectivity index (χ1) is 9.77. The van der Waals surface area contributed by atoms with Crippen LogP contribution in [-0.4, -0.2) is 38.5 Å². The Morgan fingerprint density at radius 3 is 2.67 bits per heavy atom. The maximum atomic E-state index is 12.0. The fraction of sp³-hybridized carbons (Fsp3) is 0.364. The lowest BCUT2D eigenvalue weighted by molar-refractivity contribution is -0.385. The van der Waals surface area contributed by atoms with Crippen molar-refractivity contribution in [1.82, 2.24) is 5.32 Å². The Bertz CT molecular complexity index is 681. The third-order valence-electron chi connectivity index (χ3n) is 2.96. The number of nitrogens with one attached hydrogen (secondary N) is 1. The van der Waals surface area contributed by atoms with Crippen molar-refractivity contribution >= 4 is 21.6 Å². The van der Waals surface area contributed by atoms with Crippen LogP contribution in [0.4, 0.5) is 5.69 Å². The van der Waals surface area contributed by atoms with Crippen LogP contribution in [0, 0.1) is 10.1 Å². The molecule has 1 unspecified atom stereocenters. The number of carbonyl (C=O) groups excluding carboxylic acids is 1. The number of hydrogen-bond acceptors (Lipinski definition) is 6. The average Bonchev–Trinajstić information content (AvgIpc) is 2.90. The highest BCUT2D eigenvalue weighted by atomic mass is 32.2. The highest BCUT2D eigenvalue weighted by Gasteiger charge is 2.22. The molecule has 10 heteroatoms. The van der Waals surface area contributed by atoms with Crippen LogP contribution in [0.5, 0.6) is 0 Å². The lowest BCUT2D eigenvalue weighted by Crippen LogP contribution is -2.35. The molecule has 1 aliphatic rings. The van der Waals surface area contributed by atoms with E-state index in [-0.39, 0.29) is 11.6 Å². The summed E-state index contributed by atoms with van der Waals surface area (Å²) in [6.45, 7) is 0.866. The number of amides is 1. The van der Waals surface area contributed by atoms with Gasteiger partial charge in [0.25, 0.3) is 11.6 Å². The van der Waals surface area contributed by atoms with Crippen LogP contribution in [0.3, 0.4) is 0 Å². The summed E-state index contributed by atoms with van der Waals surface area (Å²) in [5.41, 5.74) is -0.658. The van der Waals surface area contributed by atoms with Crippen molar-refractivity contribution in [3.63, 3.8) is 0 Å². The number of carbonyl (C=O) groups is 1. The Kier molecular flexibility index (Phi) is 4.21. The number of nitro benzene ring substituents is 1. The molecule has 1 saturated heterocycles. The van der Waals surface area contributed by atoms with E-state index in [1.165, 1.54) is 0 Å². The second-order valence-electron chi connectivity index (χ2n) is 4.55. The number of non-ortho nitro benzene ring substituents is 1. The van der Waals surface area contributed by atoms with Crippen molar-refractivity contribution in [3.8, 4) is 0 Å².